The lowest BCUT2D eigenvalue weighted by molar-refractivity contribution is -0.126. The van der Waals surface area contributed by atoms with Crippen LogP contribution in [0, 0.1) is 12.8 Å². The summed E-state index contributed by atoms with van der Waals surface area (Å²) in [5, 5.41) is 12.1. The van der Waals surface area contributed by atoms with Crippen LogP contribution in [-0.4, -0.2) is 70.2 Å². The van der Waals surface area contributed by atoms with Crippen molar-refractivity contribution in [2.45, 2.75) is 45.7 Å². The Balaban J connectivity index is 1.15. The smallest absolute Gasteiger partial charge is 0.224 e. The van der Waals surface area contributed by atoms with Crippen LogP contribution in [0.15, 0.2) is 48.5 Å². The van der Waals surface area contributed by atoms with Gasteiger partial charge in [-0.25, -0.2) is 0 Å². The second-order valence-corrected chi connectivity index (χ2v) is 10.4. The Labute approximate surface area is 214 Å². The molecule has 5 rings (SSSR count). The quantitative estimate of drug-likeness (QED) is 0.555. The van der Waals surface area contributed by atoms with Gasteiger partial charge >= 0.3 is 0 Å². The summed E-state index contributed by atoms with van der Waals surface area (Å²) in [4.78, 5) is 17.3. The number of nitrogens with zero attached hydrogens (tertiary/aromatic N) is 5. The largest absolute Gasteiger partial charge is 0.355 e. The average molecular weight is 487 g/mol. The number of piperidine rings is 1. The van der Waals surface area contributed by atoms with Crippen LogP contribution in [0.4, 0.5) is 0 Å². The van der Waals surface area contributed by atoms with E-state index in [1.807, 2.05) is 0 Å². The molecule has 1 N–H and O–H groups in total. The van der Waals surface area contributed by atoms with Gasteiger partial charge in [-0.05, 0) is 61.7 Å². The van der Waals surface area contributed by atoms with Gasteiger partial charge in [-0.3, -0.25) is 9.69 Å². The number of fused-ring (bicyclic) bond motifs is 1. The van der Waals surface area contributed by atoms with Crippen molar-refractivity contribution in [1.82, 2.24) is 29.9 Å². The number of rotatable bonds is 7. The van der Waals surface area contributed by atoms with Crippen molar-refractivity contribution in [1.29, 1.82) is 0 Å². The highest BCUT2D eigenvalue weighted by atomic mass is 16.1. The number of aryl methyl sites for hydroxylation is 1. The molecule has 0 saturated carbocycles. The molecule has 3 aromatic rings. The zero-order valence-corrected chi connectivity index (χ0v) is 21.6. The maximum atomic E-state index is 12.6. The lowest BCUT2D eigenvalue weighted by Crippen LogP contribution is -2.42. The molecule has 7 nitrogen and oxygen atoms in total. The summed E-state index contributed by atoms with van der Waals surface area (Å²) in [6, 6.07) is 17.5. The van der Waals surface area contributed by atoms with Gasteiger partial charge in [0.25, 0.3) is 0 Å². The molecule has 36 heavy (non-hydrogen) atoms. The van der Waals surface area contributed by atoms with E-state index in [0.717, 1.165) is 76.6 Å². The van der Waals surface area contributed by atoms with Gasteiger partial charge in [0, 0.05) is 52.1 Å². The highest BCUT2D eigenvalue weighted by Gasteiger charge is 2.24. The molecule has 0 spiro atoms. The zero-order valence-electron chi connectivity index (χ0n) is 21.6. The molecule has 190 valence electrons. The molecule has 1 atom stereocenters. The molecule has 0 bridgehead atoms. The van der Waals surface area contributed by atoms with E-state index in [4.69, 9.17) is 0 Å². The van der Waals surface area contributed by atoms with Gasteiger partial charge in [0.2, 0.25) is 5.91 Å². The Morgan fingerprint density at radius 2 is 1.94 bits per heavy atom. The van der Waals surface area contributed by atoms with Gasteiger partial charge in [0.1, 0.15) is 11.6 Å². The normalized spacial score (nSPS) is 19.0. The van der Waals surface area contributed by atoms with E-state index >= 15 is 0 Å². The Morgan fingerprint density at radius 1 is 1.06 bits per heavy atom. The van der Waals surface area contributed by atoms with Gasteiger partial charge in [-0.2, -0.15) is 0 Å². The molecule has 1 aromatic heterocycles. The highest BCUT2D eigenvalue weighted by Crippen LogP contribution is 2.24. The molecular formula is C29H38N6O. The van der Waals surface area contributed by atoms with E-state index in [9.17, 15) is 4.79 Å². The molecule has 0 unspecified atom stereocenters. The standard InChI is InChI=1S/C29H38N6O/c1-22-7-3-4-11-26(22)24-9-5-8-23(19-24)20-34-16-13-28-32-31-27(35(28)18-17-34)12-14-30-29(36)25-10-6-15-33(2)21-25/h3-5,7-9,11,19,25H,6,10,12-18,20-21H2,1-2H3,(H,30,36)/t25-/m1/s1. The number of hydrogen-bond acceptors (Lipinski definition) is 5. The van der Waals surface area contributed by atoms with E-state index < -0.39 is 0 Å². The fraction of sp³-hybridized carbons (Fsp3) is 0.483. The van der Waals surface area contributed by atoms with Crippen LogP contribution in [0.3, 0.4) is 0 Å². The third kappa shape index (κ3) is 5.85. The molecule has 1 amide bonds. The summed E-state index contributed by atoms with van der Waals surface area (Å²) >= 11 is 0. The lowest BCUT2D eigenvalue weighted by Gasteiger charge is -2.28. The van der Waals surface area contributed by atoms with Crippen LogP contribution in [0.2, 0.25) is 0 Å². The molecule has 1 fully saturated rings. The van der Waals surface area contributed by atoms with E-state index in [0.29, 0.717) is 6.54 Å². The number of carbonyl (C=O) groups is 1. The van der Waals surface area contributed by atoms with Crippen molar-refractivity contribution in [2.75, 3.05) is 39.8 Å². The Kier molecular flexibility index (Phi) is 7.78. The Morgan fingerprint density at radius 3 is 2.81 bits per heavy atom. The highest BCUT2D eigenvalue weighted by molar-refractivity contribution is 5.78. The number of benzene rings is 2. The molecule has 2 aliphatic heterocycles. The number of carbonyl (C=O) groups excluding carboxylic acids is 1. The minimum Gasteiger partial charge on any atom is -0.355 e. The van der Waals surface area contributed by atoms with Gasteiger partial charge in [-0.1, -0.05) is 42.5 Å². The van der Waals surface area contributed by atoms with Gasteiger partial charge < -0.3 is 14.8 Å². The van der Waals surface area contributed by atoms with Crippen molar-refractivity contribution in [3.63, 3.8) is 0 Å². The zero-order chi connectivity index (χ0) is 24.9. The van der Waals surface area contributed by atoms with Crippen LogP contribution in [0.1, 0.15) is 35.6 Å². The first-order chi connectivity index (χ1) is 17.6. The second-order valence-electron chi connectivity index (χ2n) is 10.4. The average Bonchev–Trinajstić information content (AvgIpc) is 3.16. The Hall–Kier alpha value is -3.03. The SMILES string of the molecule is Cc1ccccc1-c1cccc(CN2CCc3nnc(CCNC(=O)[C@@H]4CCCN(C)C4)n3CC2)c1. The van der Waals surface area contributed by atoms with Gasteiger partial charge in [0.05, 0.1) is 5.92 Å². The van der Waals surface area contributed by atoms with E-state index in [2.05, 4.69) is 92.4 Å². The minimum absolute atomic E-state index is 0.108. The number of aromatic nitrogens is 3. The summed E-state index contributed by atoms with van der Waals surface area (Å²) in [6.07, 6.45) is 3.70. The third-order valence-electron chi connectivity index (χ3n) is 7.63. The summed E-state index contributed by atoms with van der Waals surface area (Å²) in [5.74, 6) is 2.32. The topological polar surface area (TPSA) is 66.3 Å². The monoisotopic (exact) mass is 486 g/mol. The van der Waals surface area contributed by atoms with Crippen molar-refractivity contribution in [3.05, 3.63) is 71.3 Å². The van der Waals surface area contributed by atoms with Crippen LogP contribution in [0.25, 0.3) is 11.1 Å². The predicted octanol–water partition coefficient (Wildman–Crippen LogP) is 3.31. The molecule has 1 saturated heterocycles. The lowest BCUT2D eigenvalue weighted by atomic mass is 9.97. The van der Waals surface area contributed by atoms with E-state index in [-0.39, 0.29) is 11.8 Å². The molecule has 2 aromatic carbocycles. The summed E-state index contributed by atoms with van der Waals surface area (Å²) in [7, 11) is 2.09. The maximum absolute atomic E-state index is 12.6. The van der Waals surface area contributed by atoms with Crippen LogP contribution in [0.5, 0.6) is 0 Å². The number of amides is 1. The predicted molar refractivity (Wildman–Crippen MR) is 143 cm³/mol. The van der Waals surface area contributed by atoms with E-state index in [1.165, 1.54) is 22.3 Å². The van der Waals surface area contributed by atoms with Crippen molar-refractivity contribution < 1.29 is 4.79 Å². The van der Waals surface area contributed by atoms with Crippen LogP contribution >= 0.6 is 0 Å². The minimum atomic E-state index is 0.108. The number of nitrogens with one attached hydrogen (secondary N) is 1. The van der Waals surface area contributed by atoms with Crippen molar-refractivity contribution in [3.8, 4) is 11.1 Å². The first-order valence-electron chi connectivity index (χ1n) is 13.3. The second kappa shape index (κ2) is 11.4. The first kappa shape index (κ1) is 24.7. The van der Waals surface area contributed by atoms with Gasteiger partial charge in [0.15, 0.2) is 0 Å². The molecular weight excluding hydrogens is 448 g/mol. The molecule has 0 aliphatic carbocycles. The molecule has 2 aliphatic rings. The van der Waals surface area contributed by atoms with Crippen molar-refractivity contribution in [2.24, 2.45) is 5.92 Å². The Bertz CT molecular complexity index is 1190. The molecule has 0 radical (unpaired) electrons. The fourth-order valence-corrected chi connectivity index (χ4v) is 5.58. The first-order valence-corrected chi connectivity index (χ1v) is 13.3. The van der Waals surface area contributed by atoms with Crippen LogP contribution < -0.4 is 5.32 Å². The maximum Gasteiger partial charge on any atom is 0.224 e. The third-order valence-corrected chi connectivity index (χ3v) is 7.63. The summed E-state index contributed by atoms with van der Waals surface area (Å²) in [6.45, 7) is 8.49. The van der Waals surface area contributed by atoms with Gasteiger partial charge in [-0.15, -0.1) is 10.2 Å². The summed E-state index contributed by atoms with van der Waals surface area (Å²) in [5.41, 5.74) is 5.22. The van der Waals surface area contributed by atoms with Crippen LogP contribution in [-0.2, 0) is 30.7 Å². The van der Waals surface area contributed by atoms with E-state index in [1.54, 1.807) is 0 Å². The summed E-state index contributed by atoms with van der Waals surface area (Å²) < 4.78 is 2.27. The van der Waals surface area contributed by atoms with Crippen molar-refractivity contribution >= 4 is 5.91 Å². The molecule has 3 heterocycles. The number of hydrogen-bond donors (Lipinski definition) is 1. The fourth-order valence-electron chi connectivity index (χ4n) is 5.58. The molecule has 7 heteroatoms. The number of likely N-dealkylation sites (tertiary alicyclic amines) is 1.